The molecule has 1 heterocycles. The van der Waals surface area contributed by atoms with E-state index in [1.165, 1.54) is 24.3 Å². The Labute approximate surface area is 170 Å². The SMILES string of the molecule is CC(C)Oc1ccccc1NS(=O)(=O)c1ccc(N2C(=O)[C@@H](C)CS2(=O)=O)cc1. The third kappa shape index (κ3) is 4.38. The molecule has 1 atom stereocenters. The van der Waals surface area contributed by atoms with Crippen LogP contribution in [0, 0.1) is 5.92 Å². The van der Waals surface area contributed by atoms with Crippen molar-refractivity contribution in [3.63, 3.8) is 0 Å². The molecule has 0 unspecified atom stereocenters. The third-order valence-electron chi connectivity index (χ3n) is 4.24. The summed E-state index contributed by atoms with van der Waals surface area (Å²) in [5, 5.41) is 0. The second-order valence-corrected chi connectivity index (χ2v) is 10.6. The lowest BCUT2D eigenvalue weighted by Gasteiger charge is -2.17. The van der Waals surface area contributed by atoms with E-state index in [1.54, 1.807) is 31.2 Å². The Kier molecular flexibility index (Phi) is 5.59. The predicted octanol–water partition coefficient (Wildman–Crippen LogP) is 2.59. The lowest BCUT2D eigenvalue weighted by molar-refractivity contribution is -0.119. The van der Waals surface area contributed by atoms with Gasteiger partial charge in [0.05, 0.1) is 34.0 Å². The van der Waals surface area contributed by atoms with E-state index in [0.29, 0.717) is 5.75 Å². The molecule has 0 aliphatic carbocycles. The topological polar surface area (TPSA) is 110 Å². The third-order valence-corrected chi connectivity index (χ3v) is 7.49. The van der Waals surface area contributed by atoms with Crippen molar-refractivity contribution in [3.05, 3.63) is 48.5 Å². The van der Waals surface area contributed by atoms with Crippen molar-refractivity contribution in [1.29, 1.82) is 0 Å². The number of benzene rings is 2. The van der Waals surface area contributed by atoms with E-state index in [1.807, 2.05) is 13.8 Å². The van der Waals surface area contributed by atoms with Crippen LogP contribution in [0.2, 0.25) is 0 Å². The van der Waals surface area contributed by atoms with Crippen LogP contribution in [-0.2, 0) is 24.8 Å². The maximum atomic E-state index is 12.8. The first kappa shape index (κ1) is 21.1. The van der Waals surface area contributed by atoms with E-state index >= 15 is 0 Å². The van der Waals surface area contributed by atoms with E-state index < -0.39 is 31.9 Å². The van der Waals surface area contributed by atoms with E-state index in [0.717, 1.165) is 4.31 Å². The zero-order chi connectivity index (χ0) is 21.4. The number of anilines is 2. The molecule has 0 bridgehead atoms. The van der Waals surface area contributed by atoms with Gasteiger partial charge in [0.1, 0.15) is 5.75 Å². The number of hydrogen-bond acceptors (Lipinski definition) is 6. The Morgan fingerprint density at radius 1 is 1.10 bits per heavy atom. The molecular weight excluding hydrogens is 416 g/mol. The number of sulfonamides is 2. The molecule has 1 aliphatic heterocycles. The van der Waals surface area contributed by atoms with Crippen molar-refractivity contribution in [1.82, 2.24) is 0 Å². The van der Waals surface area contributed by atoms with Crippen LogP contribution in [0.4, 0.5) is 11.4 Å². The van der Waals surface area contributed by atoms with Crippen molar-refractivity contribution in [2.24, 2.45) is 5.92 Å². The molecule has 1 aliphatic rings. The first-order valence-electron chi connectivity index (χ1n) is 8.97. The zero-order valence-electron chi connectivity index (χ0n) is 16.2. The van der Waals surface area contributed by atoms with Crippen molar-refractivity contribution in [3.8, 4) is 5.75 Å². The lowest BCUT2D eigenvalue weighted by Crippen LogP contribution is -2.30. The number of nitrogens with zero attached hydrogens (tertiary/aromatic N) is 1. The normalized spacial score (nSPS) is 18.8. The van der Waals surface area contributed by atoms with Crippen molar-refractivity contribution in [2.45, 2.75) is 31.8 Å². The Hall–Kier alpha value is -2.59. The fourth-order valence-corrected chi connectivity index (χ4v) is 5.85. The first-order valence-corrected chi connectivity index (χ1v) is 12.1. The van der Waals surface area contributed by atoms with E-state index in [2.05, 4.69) is 4.72 Å². The monoisotopic (exact) mass is 438 g/mol. The standard InChI is InChI=1S/C19H22N2O6S2/c1-13(2)27-18-7-5-4-6-17(18)20-29(25,26)16-10-8-15(9-11-16)21-19(22)14(3)12-28(21,23)24/h4-11,13-14,20H,12H2,1-3H3/t14-/m0/s1. The highest BCUT2D eigenvalue weighted by atomic mass is 32.2. The van der Waals surface area contributed by atoms with Crippen LogP contribution in [-0.4, -0.2) is 34.6 Å². The molecule has 0 spiro atoms. The quantitative estimate of drug-likeness (QED) is 0.742. The molecule has 1 N–H and O–H groups in total. The van der Waals surface area contributed by atoms with Gasteiger partial charge in [0.15, 0.2) is 0 Å². The summed E-state index contributed by atoms with van der Waals surface area (Å²) in [5.74, 6) is -1.04. The van der Waals surface area contributed by atoms with Crippen LogP contribution >= 0.6 is 0 Å². The highest BCUT2D eigenvalue weighted by Gasteiger charge is 2.42. The van der Waals surface area contributed by atoms with Gasteiger partial charge in [-0.25, -0.2) is 21.1 Å². The van der Waals surface area contributed by atoms with Gasteiger partial charge in [0.25, 0.3) is 10.0 Å². The molecule has 0 saturated carbocycles. The van der Waals surface area contributed by atoms with Gasteiger partial charge in [-0.2, -0.15) is 0 Å². The van der Waals surface area contributed by atoms with Gasteiger partial charge in [0, 0.05) is 0 Å². The van der Waals surface area contributed by atoms with Crippen LogP contribution in [0.25, 0.3) is 0 Å². The van der Waals surface area contributed by atoms with Gasteiger partial charge in [-0.3, -0.25) is 9.52 Å². The van der Waals surface area contributed by atoms with Crippen LogP contribution < -0.4 is 13.8 Å². The molecule has 29 heavy (non-hydrogen) atoms. The smallest absolute Gasteiger partial charge is 0.262 e. The molecule has 156 valence electrons. The fraction of sp³-hybridized carbons (Fsp3) is 0.316. The second-order valence-electron chi connectivity index (χ2n) is 7.04. The maximum Gasteiger partial charge on any atom is 0.262 e. The Bertz CT molecular complexity index is 1130. The van der Waals surface area contributed by atoms with E-state index in [4.69, 9.17) is 4.74 Å². The summed E-state index contributed by atoms with van der Waals surface area (Å²) in [4.78, 5) is 12.1. The zero-order valence-corrected chi connectivity index (χ0v) is 17.8. The van der Waals surface area contributed by atoms with Gasteiger partial charge >= 0.3 is 0 Å². The lowest BCUT2D eigenvalue weighted by atomic mass is 10.2. The molecule has 10 heteroatoms. The number of carbonyl (C=O) groups excluding carboxylic acids is 1. The summed E-state index contributed by atoms with van der Waals surface area (Å²) in [6, 6.07) is 11.8. The summed E-state index contributed by atoms with van der Waals surface area (Å²) < 4.78 is 58.7. The molecule has 0 radical (unpaired) electrons. The van der Waals surface area contributed by atoms with Crippen LogP contribution in [0.3, 0.4) is 0 Å². The van der Waals surface area contributed by atoms with E-state index in [9.17, 15) is 21.6 Å². The predicted molar refractivity (Wildman–Crippen MR) is 110 cm³/mol. The Balaban J connectivity index is 1.88. The average Bonchev–Trinajstić information content (AvgIpc) is 2.83. The number of carbonyl (C=O) groups is 1. The minimum atomic E-state index is -3.95. The minimum Gasteiger partial charge on any atom is -0.489 e. The first-order chi connectivity index (χ1) is 13.5. The average molecular weight is 439 g/mol. The molecule has 8 nitrogen and oxygen atoms in total. The number of para-hydroxylation sites is 2. The van der Waals surface area contributed by atoms with Crippen LogP contribution in [0.5, 0.6) is 5.75 Å². The second kappa shape index (κ2) is 7.68. The summed E-state index contributed by atoms with van der Waals surface area (Å²) in [5.41, 5.74) is 0.401. The summed E-state index contributed by atoms with van der Waals surface area (Å²) in [7, 11) is -7.70. The van der Waals surface area contributed by atoms with Gasteiger partial charge in [-0.05, 0) is 50.2 Å². The molecular formula is C19H22N2O6S2. The number of ether oxygens (including phenoxy) is 1. The van der Waals surface area contributed by atoms with Gasteiger partial charge in [-0.1, -0.05) is 19.1 Å². The van der Waals surface area contributed by atoms with Crippen LogP contribution in [0.1, 0.15) is 20.8 Å². The van der Waals surface area contributed by atoms with Gasteiger partial charge in [0.2, 0.25) is 15.9 Å². The number of nitrogens with one attached hydrogen (secondary N) is 1. The highest BCUT2D eigenvalue weighted by molar-refractivity contribution is 7.94. The fourth-order valence-electron chi connectivity index (χ4n) is 2.96. The largest absolute Gasteiger partial charge is 0.489 e. The minimum absolute atomic E-state index is 0.0716. The van der Waals surface area contributed by atoms with Gasteiger partial charge in [-0.15, -0.1) is 0 Å². The molecule has 2 aromatic rings. The molecule has 1 fully saturated rings. The van der Waals surface area contributed by atoms with Gasteiger partial charge < -0.3 is 4.74 Å². The molecule has 1 amide bonds. The van der Waals surface area contributed by atoms with Crippen molar-refractivity contribution < 1.29 is 26.4 Å². The molecule has 0 aromatic heterocycles. The molecule has 1 saturated heterocycles. The van der Waals surface area contributed by atoms with Crippen molar-refractivity contribution in [2.75, 3.05) is 14.8 Å². The molecule has 3 rings (SSSR count). The number of rotatable bonds is 6. The summed E-state index contributed by atoms with van der Waals surface area (Å²) in [6.45, 7) is 5.20. The van der Waals surface area contributed by atoms with Crippen molar-refractivity contribution >= 4 is 37.3 Å². The number of hydrogen-bond donors (Lipinski definition) is 1. The maximum absolute atomic E-state index is 12.8. The summed E-state index contributed by atoms with van der Waals surface area (Å²) in [6.07, 6.45) is -0.137. The highest BCUT2D eigenvalue weighted by Crippen LogP contribution is 2.31. The Morgan fingerprint density at radius 3 is 2.28 bits per heavy atom. The summed E-state index contributed by atoms with van der Waals surface area (Å²) >= 11 is 0. The van der Waals surface area contributed by atoms with Crippen LogP contribution in [0.15, 0.2) is 53.4 Å². The Morgan fingerprint density at radius 2 is 1.72 bits per heavy atom. The number of amides is 1. The molecule has 2 aromatic carbocycles. The van der Waals surface area contributed by atoms with E-state index in [-0.39, 0.29) is 28.1 Å².